The van der Waals surface area contributed by atoms with Crippen LogP contribution in [0.2, 0.25) is 0 Å². The topological polar surface area (TPSA) is 12.4 Å². The Hall–Kier alpha value is -0.340. The van der Waals surface area contributed by atoms with Crippen LogP contribution in [0.15, 0.2) is 16.4 Å². The summed E-state index contributed by atoms with van der Waals surface area (Å²) >= 11 is 7.70. The number of thiophene rings is 1. The zero-order chi connectivity index (χ0) is 6.97. The lowest BCUT2D eigenvalue weighted by atomic mass is 10.2. The molecule has 1 atom stereocenters. The number of nitrogens with zero attached hydrogens (tertiary/aromatic N) is 1. The van der Waals surface area contributed by atoms with Gasteiger partial charge in [-0.1, -0.05) is 0 Å². The number of rotatable bonds is 0. The van der Waals surface area contributed by atoms with E-state index in [1.807, 2.05) is 17.7 Å². The van der Waals surface area contributed by atoms with Crippen molar-refractivity contribution in [2.45, 2.75) is 11.8 Å². The quantitative estimate of drug-likeness (QED) is 0.532. The third kappa shape index (κ3) is 0.879. The molecule has 0 aromatic carbocycles. The standard InChI is InChI=1S/C7H6ClNS/c8-5-1-3-9-6-2-4-10-7(5)6/h2-5H,1H2. The largest absolute Gasteiger partial charge is 0.260 e. The van der Waals surface area contributed by atoms with Crippen LogP contribution in [0.25, 0.3) is 0 Å². The number of halogens is 1. The van der Waals surface area contributed by atoms with Gasteiger partial charge >= 0.3 is 0 Å². The summed E-state index contributed by atoms with van der Waals surface area (Å²) in [7, 11) is 0. The third-order valence-corrected chi connectivity index (χ3v) is 3.05. The molecule has 0 N–H and O–H groups in total. The number of hydrogen-bond donors (Lipinski definition) is 0. The van der Waals surface area contributed by atoms with Crippen molar-refractivity contribution < 1.29 is 0 Å². The lowest BCUT2D eigenvalue weighted by Crippen LogP contribution is -1.92. The molecule has 1 aromatic heterocycles. The molecule has 0 spiro atoms. The average molecular weight is 172 g/mol. The highest BCUT2D eigenvalue weighted by atomic mass is 35.5. The molecule has 1 unspecified atom stereocenters. The van der Waals surface area contributed by atoms with Gasteiger partial charge in [-0.15, -0.1) is 22.9 Å². The lowest BCUT2D eigenvalue weighted by molar-refractivity contribution is 1.01. The van der Waals surface area contributed by atoms with E-state index < -0.39 is 0 Å². The predicted molar refractivity (Wildman–Crippen MR) is 45.7 cm³/mol. The third-order valence-electron chi connectivity index (χ3n) is 1.50. The van der Waals surface area contributed by atoms with Crippen molar-refractivity contribution in [1.29, 1.82) is 0 Å². The molecule has 0 amide bonds. The molecule has 1 aliphatic rings. The molecule has 0 aliphatic carbocycles. The van der Waals surface area contributed by atoms with Crippen molar-refractivity contribution in [3.8, 4) is 0 Å². The minimum atomic E-state index is 0.160. The van der Waals surface area contributed by atoms with Crippen LogP contribution in [0.1, 0.15) is 16.7 Å². The molecular formula is C7H6ClNS. The van der Waals surface area contributed by atoms with Crippen LogP contribution < -0.4 is 0 Å². The normalized spacial score (nSPS) is 22.7. The van der Waals surface area contributed by atoms with Crippen LogP contribution in [0, 0.1) is 0 Å². The summed E-state index contributed by atoms with van der Waals surface area (Å²) in [6, 6.07) is 2.00. The van der Waals surface area contributed by atoms with Gasteiger partial charge in [0.05, 0.1) is 11.1 Å². The van der Waals surface area contributed by atoms with Gasteiger partial charge in [-0.3, -0.25) is 4.99 Å². The fourth-order valence-corrected chi connectivity index (χ4v) is 2.18. The van der Waals surface area contributed by atoms with E-state index in [2.05, 4.69) is 4.99 Å². The number of fused-ring (bicyclic) bond motifs is 1. The fourth-order valence-electron chi connectivity index (χ4n) is 1.01. The van der Waals surface area contributed by atoms with E-state index in [4.69, 9.17) is 11.6 Å². The average Bonchev–Trinajstić information content (AvgIpc) is 2.36. The van der Waals surface area contributed by atoms with Crippen LogP contribution >= 0.6 is 22.9 Å². The van der Waals surface area contributed by atoms with E-state index in [0.29, 0.717) is 0 Å². The predicted octanol–water partition coefficient (Wildman–Crippen LogP) is 3.13. The lowest BCUT2D eigenvalue weighted by Gasteiger charge is -2.08. The zero-order valence-corrected chi connectivity index (χ0v) is 6.82. The molecule has 1 aliphatic heterocycles. The summed E-state index contributed by atoms with van der Waals surface area (Å²) in [5.74, 6) is 0. The van der Waals surface area contributed by atoms with Crippen LogP contribution in [0.5, 0.6) is 0 Å². The summed E-state index contributed by atoms with van der Waals surface area (Å²) in [5, 5.41) is 2.19. The Morgan fingerprint density at radius 1 is 1.70 bits per heavy atom. The highest BCUT2D eigenvalue weighted by Gasteiger charge is 2.15. The molecule has 3 heteroatoms. The van der Waals surface area contributed by atoms with E-state index >= 15 is 0 Å². The maximum Gasteiger partial charge on any atom is 0.0780 e. The number of alkyl halides is 1. The SMILES string of the molecule is ClC1CC=Nc2ccsc21. The Kier molecular flexibility index (Phi) is 1.51. The van der Waals surface area contributed by atoms with E-state index in [-0.39, 0.29) is 5.38 Å². The minimum absolute atomic E-state index is 0.160. The van der Waals surface area contributed by atoms with Crippen LogP contribution in [0.3, 0.4) is 0 Å². The molecule has 0 saturated heterocycles. The van der Waals surface area contributed by atoms with E-state index in [1.54, 1.807) is 11.3 Å². The van der Waals surface area contributed by atoms with Gasteiger partial charge in [-0.05, 0) is 11.4 Å². The molecule has 52 valence electrons. The first-order valence-electron chi connectivity index (χ1n) is 3.12. The Labute approximate surface area is 68.4 Å². The molecule has 0 saturated carbocycles. The Bertz CT molecular complexity index is 266. The summed E-state index contributed by atoms with van der Waals surface area (Å²) in [4.78, 5) is 5.42. The molecule has 1 aromatic rings. The monoisotopic (exact) mass is 171 g/mol. The summed E-state index contributed by atoms with van der Waals surface area (Å²) in [6.45, 7) is 0. The minimum Gasteiger partial charge on any atom is -0.260 e. The van der Waals surface area contributed by atoms with E-state index in [9.17, 15) is 0 Å². The van der Waals surface area contributed by atoms with Crippen molar-refractivity contribution in [2.24, 2.45) is 4.99 Å². The number of aliphatic imine (C=N–C) groups is 1. The molecule has 0 bridgehead atoms. The molecule has 0 radical (unpaired) electrons. The highest BCUT2D eigenvalue weighted by Crippen LogP contribution is 2.38. The first kappa shape index (κ1) is 6.38. The van der Waals surface area contributed by atoms with Gasteiger partial charge in [-0.2, -0.15) is 0 Å². The summed E-state index contributed by atoms with van der Waals surface area (Å²) < 4.78 is 0. The van der Waals surface area contributed by atoms with Gasteiger partial charge in [0, 0.05) is 17.5 Å². The van der Waals surface area contributed by atoms with Crippen LogP contribution in [-0.2, 0) is 0 Å². The molecule has 10 heavy (non-hydrogen) atoms. The molecule has 2 rings (SSSR count). The fraction of sp³-hybridized carbons (Fsp3) is 0.286. The van der Waals surface area contributed by atoms with Crippen molar-refractivity contribution in [2.75, 3.05) is 0 Å². The maximum atomic E-state index is 6.01. The Morgan fingerprint density at radius 3 is 3.40 bits per heavy atom. The van der Waals surface area contributed by atoms with Gasteiger partial charge in [0.1, 0.15) is 0 Å². The van der Waals surface area contributed by atoms with Gasteiger partial charge in [0.2, 0.25) is 0 Å². The molecule has 0 fully saturated rings. The number of hydrogen-bond acceptors (Lipinski definition) is 2. The first-order chi connectivity index (χ1) is 4.88. The van der Waals surface area contributed by atoms with Gasteiger partial charge in [-0.25, -0.2) is 0 Å². The van der Waals surface area contributed by atoms with Crippen molar-refractivity contribution in [1.82, 2.24) is 0 Å². The Morgan fingerprint density at radius 2 is 2.60 bits per heavy atom. The zero-order valence-electron chi connectivity index (χ0n) is 5.25. The second kappa shape index (κ2) is 2.36. The van der Waals surface area contributed by atoms with Crippen molar-refractivity contribution in [3.63, 3.8) is 0 Å². The first-order valence-corrected chi connectivity index (χ1v) is 4.43. The smallest absolute Gasteiger partial charge is 0.0780 e. The van der Waals surface area contributed by atoms with Gasteiger partial charge in [0.25, 0.3) is 0 Å². The van der Waals surface area contributed by atoms with E-state index in [0.717, 1.165) is 12.1 Å². The molecule has 1 nitrogen and oxygen atoms in total. The van der Waals surface area contributed by atoms with Gasteiger partial charge < -0.3 is 0 Å². The highest BCUT2D eigenvalue weighted by molar-refractivity contribution is 7.10. The van der Waals surface area contributed by atoms with Crippen LogP contribution in [0.4, 0.5) is 5.69 Å². The van der Waals surface area contributed by atoms with E-state index in [1.165, 1.54) is 4.88 Å². The second-order valence-corrected chi connectivity index (χ2v) is 3.66. The van der Waals surface area contributed by atoms with Crippen molar-refractivity contribution in [3.05, 3.63) is 16.3 Å². The molecular weight excluding hydrogens is 166 g/mol. The second-order valence-electron chi connectivity index (χ2n) is 2.19. The summed E-state index contributed by atoms with van der Waals surface area (Å²) in [6.07, 6.45) is 2.75. The van der Waals surface area contributed by atoms with Crippen LogP contribution in [-0.4, -0.2) is 6.21 Å². The summed E-state index contributed by atoms with van der Waals surface area (Å²) in [5.41, 5.74) is 1.05. The maximum absolute atomic E-state index is 6.01. The van der Waals surface area contributed by atoms with Crippen molar-refractivity contribution >= 4 is 34.8 Å². The molecule has 2 heterocycles. The van der Waals surface area contributed by atoms with Gasteiger partial charge in [0.15, 0.2) is 0 Å². The Balaban J connectivity index is 2.52.